The number of anilines is 3. The van der Waals surface area contributed by atoms with Gasteiger partial charge in [0, 0.05) is 52.0 Å². The third-order valence-electron chi connectivity index (χ3n) is 5.77. The second kappa shape index (κ2) is 10.9. The third-order valence-corrected chi connectivity index (χ3v) is 5.77. The Morgan fingerprint density at radius 1 is 1.06 bits per heavy atom. The molecule has 0 unspecified atom stereocenters. The van der Waals surface area contributed by atoms with Crippen molar-refractivity contribution in [3.63, 3.8) is 0 Å². The van der Waals surface area contributed by atoms with Gasteiger partial charge < -0.3 is 24.8 Å². The number of piperazine rings is 1. The van der Waals surface area contributed by atoms with E-state index >= 15 is 0 Å². The monoisotopic (exact) mass is 425 g/mol. The normalized spacial score (nSPS) is 13.8. The molecule has 1 amide bonds. The van der Waals surface area contributed by atoms with Crippen LogP contribution >= 0.6 is 0 Å². The summed E-state index contributed by atoms with van der Waals surface area (Å²) in [7, 11) is 1.71. The molecule has 7 nitrogen and oxygen atoms in total. The number of rotatable bonds is 9. The number of aromatic nitrogens is 1. The van der Waals surface area contributed by atoms with Gasteiger partial charge in [0.25, 0.3) is 5.91 Å². The van der Waals surface area contributed by atoms with Gasteiger partial charge in [-0.2, -0.15) is 0 Å². The molecule has 7 heteroatoms. The molecule has 2 heterocycles. The molecule has 1 aromatic carbocycles. The number of carbonyl (C=O) groups is 1. The van der Waals surface area contributed by atoms with Crippen molar-refractivity contribution in [2.75, 3.05) is 68.0 Å². The van der Waals surface area contributed by atoms with Crippen LogP contribution < -0.4 is 19.9 Å². The largest absolute Gasteiger partial charge is 0.495 e. The molecule has 2 aromatic rings. The number of benzene rings is 1. The lowest BCUT2D eigenvalue weighted by Crippen LogP contribution is -2.47. The Morgan fingerprint density at radius 2 is 1.74 bits per heavy atom. The maximum atomic E-state index is 13.4. The zero-order chi connectivity index (χ0) is 22.2. The average Bonchev–Trinajstić information content (AvgIpc) is 2.83. The van der Waals surface area contributed by atoms with Gasteiger partial charge in [0.15, 0.2) is 0 Å². The maximum Gasteiger partial charge on any atom is 0.259 e. The fourth-order valence-corrected chi connectivity index (χ4v) is 4.03. The van der Waals surface area contributed by atoms with Crippen LogP contribution in [0.3, 0.4) is 0 Å². The van der Waals surface area contributed by atoms with Crippen LogP contribution in [0.2, 0.25) is 0 Å². The van der Waals surface area contributed by atoms with E-state index in [0.29, 0.717) is 18.7 Å². The molecule has 31 heavy (non-hydrogen) atoms. The first-order chi connectivity index (χ1) is 15.1. The van der Waals surface area contributed by atoms with E-state index in [9.17, 15) is 4.79 Å². The SMILES string of the molecule is CCCNc1ccnc(N2CCN(c3ccccc3OC)CC2)c1C(=O)N(CC)CC. The highest BCUT2D eigenvalue weighted by atomic mass is 16.5. The summed E-state index contributed by atoms with van der Waals surface area (Å²) in [5, 5.41) is 3.43. The molecule has 1 N–H and O–H groups in total. The number of hydrogen-bond donors (Lipinski definition) is 1. The van der Waals surface area contributed by atoms with Crippen LogP contribution in [0.5, 0.6) is 5.75 Å². The van der Waals surface area contributed by atoms with Crippen molar-refractivity contribution >= 4 is 23.1 Å². The number of carbonyl (C=O) groups excluding carboxylic acids is 1. The van der Waals surface area contributed by atoms with Crippen molar-refractivity contribution in [1.29, 1.82) is 0 Å². The van der Waals surface area contributed by atoms with E-state index in [1.807, 2.05) is 43.0 Å². The predicted molar refractivity (Wildman–Crippen MR) is 128 cm³/mol. The van der Waals surface area contributed by atoms with Crippen LogP contribution in [0.25, 0.3) is 0 Å². The van der Waals surface area contributed by atoms with Crippen LogP contribution in [-0.2, 0) is 0 Å². The fraction of sp³-hybridized carbons (Fsp3) is 0.500. The number of pyridine rings is 1. The molecule has 1 saturated heterocycles. The maximum absolute atomic E-state index is 13.4. The van der Waals surface area contributed by atoms with Gasteiger partial charge in [-0.15, -0.1) is 0 Å². The van der Waals surface area contributed by atoms with Crippen LogP contribution in [0.15, 0.2) is 36.5 Å². The number of nitrogens with one attached hydrogen (secondary N) is 1. The number of ether oxygens (including phenoxy) is 1. The summed E-state index contributed by atoms with van der Waals surface area (Å²) in [5.74, 6) is 1.70. The molecule has 0 bridgehead atoms. The Labute approximate surface area is 186 Å². The quantitative estimate of drug-likeness (QED) is 0.661. The molecule has 1 aromatic heterocycles. The van der Waals surface area contributed by atoms with Gasteiger partial charge in [0.1, 0.15) is 17.1 Å². The minimum atomic E-state index is 0.0406. The van der Waals surface area contributed by atoms with E-state index in [-0.39, 0.29) is 5.91 Å². The number of hydrogen-bond acceptors (Lipinski definition) is 6. The molecule has 0 saturated carbocycles. The number of amides is 1. The molecular weight excluding hydrogens is 390 g/mol. The first-order valence-electron chi connectivity index (χ1n) is 11.3. The summed E-state index contributed by atoms with van der Waals surface area (Å²) in [6.45, 7) is 11.6. The van der Waals surface area contributed by atoms with Crippen molar-refractivity contribution in [2.45, 2.75) is 27.2 Å². The molecule has 168 valence electrons. The lowest BCUT2D eigenvalue weighted by atomic mass is 10.1. The minimum absolute atomic E-state index is 0.0406. The minimum Gasteiger partial charge on any atom is -0.495 e. The van der Waals surface area contributed by atoms with Crippen molar-refractivity contribution < 1.29 is 9.53 Å². The van der Waals surface area contributed by atoms with Gasteiger partial charge in [0.05, 0.1) is 18.5 Å². The fourth-order valence-electron chi connectivity index (χ4n) is 4.03. The molecule has 1 aliphatic rings. The summed E-state index contributed by atoms with van der Waals surface area (Å²) in [6, 6.07) is 10.0. The summed E-state index contributed by atoms with van der Waals surface area (Å²) < 4.78 is 5.54. The smallest absolute Gasteiger partial charge is 0.259 e. The molecule has 0 atom stereocenters. The highest BCUT2D eigenvalue weighted by Crippen LogP contribution is 2.31. The van der Waals surface area contributed by atoms with Crippen molar-refractivity contribution in [3.8, 4) is 5.75 Å². The summed E-state index contributed by atoms with van der Waals surface area (Å²) in [4.78, 5) is 24.5. The number of nitrogens with zero attached hydrogens (tertiary/aromatic N) is 4. The summed E-state index contributed by atoms with van der Waals surface area (Å²) in [5.41, 5.74) is 2.66. The van der Waals surface area contributed by atoms with Crippen molar-refractivity contribution in [2.24, 2.45) is 0 Å². The number of methoxy groups -OCH3 is 1. The zero-order valence-corrected chi connectivity index (χ0v) is 19.2. The number of para-hydroxylation sites is 2. The molecule has 1 fully saturated rings. The highest BCUT2D eigenvalue weighted by Gasteiger charge is 2.27. The molecule has 3 rings (SSSR count). The second-order valence-electron chi connectivity index (χ2n) is 7.61. The molecule has 1 aliphatic heterocycles. The van der Waals surface area contributed by atoms with Gasteiger partial charge in [-0.1, -0.05) is 19.1 Å². The Bertz CT molecular complexity index is 861. The Morgan fingerprint density at radius 3 is 2.39 bits per heavy atom. The topological polar surface area (TPSA) is 60.9 Å². The van der Waals surface area contributed by atoms with E-state index < -0.39 is 0 Å². The summed E-state index contributed by atoms with van der Waals surface area (Å²) >= 11 is 0. The van der Waals surface area contributed by atoms with Crippen molar-refractivity contribution in [1.82, 2.24) is 9.88 Å². The highest BCUT2D eigenvalue weighted by molar-refractivity contribution is 6.04. The van der Waals surface area contributed by atoms with Gasteiger partial charge in [-0.3, -0.25) is 4.79 Å². The zero-order valence-electron chi connectivity index (χ0n) is 19.2. The van der Waals surface area contributed by atoms with E-state index in [2.05, 4.69) is 33.1 Å². The standard InChI is InChI=1S/C24H35N5O2/c1-5-13-25-19-12-14-26-23(22(19)24(30)27(6-2)7-3)29-17-15-28(16-18-29)20-10-8-9-11-21(20)31-4/h8-12,14H,5-7,13,15-18H2,1-4H3,(H,25,26). The van der Waals surface area contributed by atoms with E-state index in [1.54, 1.807) is 13.3 Å². The Balaban J connectivity index is 1.86. The van der Waals surface area contributed by atoms with E-state index in [1.165, 1.54) is 0 Å². The first kappa shape index (κ1) is 22.7. The second-order valence-corrected chi connectivity index (χ2v) is 7.61. The van der Waals surface area contributed by atoms with Crippen LogP contribution in [0, 0.1) is 0 Å². The van der Waals surface area contributed by atoms with Crippen LogP contribution in [0.1, 0.15) is 37.6 Å². The van der Waals surface area contributed by atoms with Crippen LogP contribution in [-0.4, -0.2) is 68.7 Å². The summed E-state index contributed by atoms with van der Waals surface area (Å²) in [6.07, 6.45) is 2.80. The molecule has 0 radical (unpaired) electrons. The van der Waals surface area contributed by atoms with Gasteiger partial charge in [0.2, 0.25) is 0 Å². The van der Waals surface area contributed by atoms with Gasteiger partial charge in [-0.25, -0.2) is 4.98 Å². The van der Waals surface area contributed by atoms with Gasteiger partial charge in [-0.05, 0) is 38.5 Å². The van der Waals surface area contributed by atoms with Crippen molar-refractivity contribution in [3.05, 3.63) is 42.1 Å². The van der Waals surface area contributed by atoms with Crippen LogP contribution in [0.4, 0.5) is 17.2 Å². The molecule has 0 spiro atoms. The Hall–Kier alpha value is -2.96. The third kappa shape index (κ3) is 5.03. The van der Waals surface area contributed by atoms with E-state index in [4.69, 9.17) is 4.74 Å². The molecular formula is C24H35N5O2. The lowest BCUT2D eigenvalue weighted by Gasteiger charge is -2.38. The lowest BCUT2D eigenvalue weighted by molar-refractivity contribution is 0.0774. The molecule has 0 aliphatic carbocycles. The van der Waals surface area contributed by atoms with E-state index in [0.717, 1.165) is 62.1 Å². The van der Waals surface area contributed by atoms with Gasteiger partial charge >= 0.3 is 0 Å². The average molecular weight is 426 g/mol. The predicted octanol–water partition coefficient (Wildman–Crippen LogP) is 3.72. The first-order valence-corrected chi connectivity index (χ1v) is 11.3. The Kier molecular flexibility index (Phi) is 7.98.